The lowest BCUT2D eigenvalue weighted by atomic mass is 10.0. The van der Waals surface area contributed by atoms with Gasteiger partial charge in [-0.2, -0.15) is 0 Å². The van der Waals surface area contributed by atoms with E-state index < -0.39 is 11.7 Å². The standard InChI is InChI=1S/C21H23FN2O4/c1-27-16-9-10-17(19(12-16)28-2)18-4-3-11-24(18)20(25)13-23-21(26)14-5-7-15(22)8-6-14/h5-10,12,18H,3-4,11,13H2,1-2H3,(H,23,26)/t18-/m1/s1. The van der Waals surface area contributed by atoms with Crippen LogP contribution >= 0.6 is 0 Å². The minimum Gasteiger partial charge on any atom is -0.497 e. The maximum Gasteiger partial charge on any atom is 0.251 e. The molecule has 6 nitrogen and oxygen atoms in total. The van der Waals surface area contributed by atoms with Crippen molar-refractivity contribution in [1.29, 1.82) is 0 Å². The number of benzene rings is 2. The van der Waals surface area contributed by atoms with Crippen LogP contribution in [0.1, 0.15) is 34.8 Å². The summed E-state index contributed by atoms with van der Waals surface area (Å²) in [7, 11) is 3.17. The van der Waals surface area contributed by atoms with Crippen molar-refractivity contribution in [2.75, 3.05) is 27.3 Å². The summed E-state index contributed by atoms with van der Waals surface area (Å²) in [6.45, 7) is 0.496. The fourth-order valence-electron chi connectivity index (χ4n) is 3.44. The Morgan fingerprint density at radius 2 is 1.89 bits per heavy atom. The molecule has 0 aromatic heterocycles. The Labute approximate surface area is 163 Å². The number of nitrogens with one attached hydrogen (secondary N) is 1. The maximum absolute atomic E-state index is 13.0. The predicted molar refractivity (Wildman–Crippen MR) is 102 cm³/mol. The second kappa shape index (κ2) is 8.73. The van der Waals surface area contributed by atoms with E-state index in [1.54, 1.807) is 25.2 Å². The van der Waals surface area contributed by atoms with Crippen molar-refractivity contribution in [2.24, 2.45) is 0 Å². The summed E-state index contributed by atoms with van der Waals surface area (Å²) in [6.07, 6.45) is 1.69. The van der Waals surface area contributed by atoms with Gasteiger partial charge in [-0.15, -0.1) is 0 Å². The summed E-state index contributed by atoms with van der Waals surface area (Å²) in [5.41, 5.74) is 1.23. The monoisotopic (exact) mass is 386 g/mol. The summed E-state index contributed by atoms with van der Waals surface area (Å²) < 4.78 is 23.7. The van der Waals surface area contributed by atoms with Gasteiger partial charge in [0.05, 0.1) is 26.8 Å². The summed E-state index contributed by atoms with van der Waals surface area (Å²) in [4.78, 5) is 26.6. The van der Waals surface area contributed by atoms with Crippen molar-refractivity contribution in [3.05, 3.63) is 59.4 Å². The first kappa shape index (κ1) is 19.7. The molecular formula is C21H23FN2O4. The van der Waals surface area contributed by atoms with Crippen molar-refractivity contribution in [1.82, 2.24) is 10.2 Å². The molecule has 28 heavy (non-hydrogen) atoms. The molecule has 2 aromatic carbocycles. The number of hydrogen-bond donors (Lipinski definition) is 1. The van der Waals surface area contributed by atoms with Crippen molar-refractivity contribution in [3.8, 4) is 11.5 Å². The lowest BCUT2D eigenvalue weighted by Crippen LogP contribution is -2.39. The number of hydrogen-bond acceptors (Lipinski definition) is 4. The maximum atomic E-state index is 13.0. The van der Waals surface area contributed by atoms with Gasteiger partial charge in [0.1, 0.15) is 17.3 Å². The van der Waals surface area contributed by atoms with Crippen LogP contribution in [0.25, 0.3) is 0 Å². The van der Waals surface area contributed by atoms with Crippen molar-refractivity contribution >= 4 is 11.8 Å². The van der Waals surface area contributed by atoms with Crippen LogP contribution in [0.5, 0.6) is 11.5 Å². The average molecular weight is 386 g/mol. The number of likely N-dealkylation sites (tertiary alicyclic amines) is 1. The number of amides is 2. The first-order valence-electron chi connectivity index (χ1n) is 9.08. The van der Waals surface area contributed by atoms with Crippen LogP contribution in [0.3, 0.4) is 0 Å². The van der Waals surface area contributed by atoms with Crippen molar-refractivity contribution < 1.29 is 23.5 Å². The van der Waals surface area contributed by atoms with E-state index in [0.29, 0.717) is 23.6 Å². The van der Waals surface area contributed by atoms with Crippen molar-refractivity contribution in [3.63, 3.8) is 0 Å². The molecule has 1 atom stereocenters. The largest absolute Gasteiger partial charge is 0.497 e. The van der Waals surface area contributed by atoms with Crippen molar-refractivity contribution in [2.45, 2.75) is 18.9 Å². The Morgan fingerprint density at radius 1 is 1.14 bits per heavy atom. The summed E-state index contributed by atoms with van der Waals surface area (Å²) in [6, 6.07) is 10.6. The first-order chi connectivity index (χ1) is 13.5. The number of ether oxygens (including phenoxy) is 2. The number of halogens is 1. The van der Waals surface area contributed by atoms with Crippen LogP contribution in [-0.2, 0) is 4.79 Å². The SMILES string of the molecule is COc1ccc([C@H]2CCCN2C(=O)CNC(=O)c2ccc(F)cc2)c(OC)c1. The summed E-state index contributed by atoms with van der Waals surface area (Å²) in [5.74, 6) is 0.352. The minimum absolute atomic E-state index is 0.115. The van der Waals surface area contributed by atoms with E-state index in [0.717, 1.165) is 18.4 Å². The highest BCUT2D eigenvalue weighted by molar-refractivity contribution is 5.96. The van der Waals surface area contributed by atoms with Crippen LogP contribution < -0.4 is 14.8 Å². The van der Waals surface area contributed by atoms with E-state index in [4.69, 9.17) is 9.47 Å². The highest BCUT2D eigenvalue weighted by atomic mass is 19.1. The first-order valence-corrected chi connectivity index (χ1v) is 9.08. The molecule has 1 saturated heterocycles. The van der Waals surface area contributed by atoms with Gasteiger partial charge >= 0.3 is 0 Å². The quantitative estimate of drug-likeness (QED) is 0.829. The number of nitrogens with zero attached hydrogens (tertiary/aromatic N) is 1. The Kier molecular flexibility index (Phi) is 6.13. The van der Waals surface area contributed by atoms with Gasteiger partial charge in [0.2, 0.25) is 5.91 Å². The number of carbonyl (C=O) groups excluding carboxylic acids is 2. The van der Waals surface area contributed by atoms with E-state index in [1.807, 2.05) is 12.1 Å². The van der Waals surface area contributed by atoms with Gasteiger partial charge < -0.3 is 19.7 Å². The number of carbonyl (C=O) groups is 2. The molecule has 0 radical (unpaired) electrons. The van der Waals surface area contributed by atoms with Gasteiger partial charge in [0.15, 0.2) is 0 Å². The second-order valence-corrected chi connectivity index (χ2v) is 6.54. The number of rotatable bonds is 6. The van der Waals surface area contributed by atoms with E-state index in [1.165, 1.54) is 24.3 Å². The van der Waals surface area contributed by atoms with Gasteiger partial charge in [-0.1, -0.05) is 0 Å². The molecule has 0 saturated carbocycles. The molecule has 2 aromatic rings. The molecule has 0 bridgehead atoms. The molecule has 2 amide bonds. The van der Waals surface area contributed by atoms with E-state index in [-0.39, 0.29) is 18.5 Å². The minimum atomic E-state index is -0.416. The lowest BCUT2D eigenvalue weighted by Gasteiger charge is -2.26. The fourth-order valence-corrected chi connectivity index (χ4v) is 3.44. The smallest absolute Gasteiger partial charge is 0.251 e. The van der Waals surface area contributed by atoms with Crippen LogP contribution in [0.4, 0.5) is 4.39 Å². The van der Waals surface area contributed by atoms with Crippen LogP contribution in [0, 0.1) is 5.82 Å². The highest BCUT2D eigenvalue weighted by Crippen LogP contribution is 2.38. The number of methoxy groups -OCH3 is 2. The molecule has 1 fully saturated rings. The van der Waals surface area contributed by atoms with E-state index in [2.05, 4.69) is 5.32 Å². The molecule has 1 aliphatic heterocycles. The molecule has 1 aliphatic rings. The van der Waals surface area contributed by atoms with Gasteiger partial charge in [-0.3, -0.25) is 9.59 Å². The second-order valence-electron chi connectivity index (χ2n) is 6.54. The zero-order valence-electron chi connectivity index (χ0n) is 15.9. The Hall–Kier alpha value is -3.09. The molecule has 0 aliphatic carbocycles. The van der Waals surface area contributed by atoms with Gasteiger partial charge in [-0.25, -0.2) is 4.39 Å². The zero-order chi connectivity index (χ0) is 20.1. The van der Waals surface area contributed by atoms with Crippen LogP contribution in [-0.4, -0.2) is 44.0 Å². The molecule has 0 unspecified atom stereocenters. The van der Waals surface area contributed by atoms with E-state index >= 15 is 0 Å². The van der Waals surface area contributed by atoms with Gasteiger partial charge in [0, 0.05) is 23.7 Å². The average Bonchev–Trinajstić information content (AvgIpc) is 3.21. The molecule has 3 rings (SSSR count). The molecule has 148 valence electrons. The zero-order valence-corrected chi connectivity index (χ0v) is 15.9. The van der Waals surface area contributed by atoms with Gasteiger partial charge in [-0.05, 0) is 49.2 Å². The fraction of sp³-hybridized carbons (Fsp3) is 0.333. The third-order valence-electron chi connectivity index (χ3n) is 4.88. The Bertz CT molecular complexity index is 854. The third kappa shape index (κ3) is 4.24. The van der Waals surface area contributed by atoms with Crippen LogP contribution in [0.2, 0.25) is 0 Å². The predicted octanol–water partition coefficient (Wildman–Crippen LogP) is 2.94. The summed E-state index contributed by atoms with van der Waals surface area (Å²) >= 11 is 0. The molecule has 7 heteroatoms. The van der Waals surface area contributed by atoms with Gasteiger partial charge in [0.25, 0.3) is 5.91 Å². The Balaban J connectivity index is 1.68. The highest BCUT2D eigenvalue weighted by Gasteiger charge is 2.32. The topological polar surface area (TPSA) is 67.9 Å². The normalized spacial score (nSPS) is 16.0. The molecule has 1 N–H and O–H groups in total. The lowest BCUT2D eigenvalue weighted by molar-refractivity contribution is -0.131. The molecule has 0 spiro atoms. The van der Waals surface area contributed by atoms with Crippen LogP contribution in [0.15, 0.2) is 42.5 Å². The Morgan fingerprint density at radius 3 is 2.57 bits per heavy atom. The molecule has 1 heterocycles. The van der Waals surface area contributed by atoms with E-state index in [9.17, 15) is 14.0 Å². The molecular weight excluding hydrogens is 363 g/mol. The third-order valence-corrected chi connectivity index (χ3v) is 4.88. The summed E-state index contributed by atoms with van der Waals surface area (Å²) in [5, 5.41) is 2.61.